The number of morpholine rings is 1. The molecule has 5 nitrogen and oxygen atoms in total. The van der Waals surface area contributed by atoms with Crippen LogP contribution in [-0.4, -0.2) is 50.9 Å². The lowest BCUT2D eigenvalue weighted by molar-refractivity contribution is 0.0384. The van der Waals surface area contributed by atoms with Crippen LogP contribution in [0, 0.1) is 5.82 Å². The van der Waals surface area contributed by atoms with Crippen molar-refractivity contribution < 1.29 is 18.6 Å². The monoisotopic (exact) mass is 500 g/mol. The zero-order chi connectivity index (χ0) is 21.3. The van der Waals surface area contributed by atoms with Gasteiger partial charge in [-0.25, -0.2) is 4.39 Å². The molecule has 0 saturated carbocycles. The van der Waals surface area contributed by atoms with Gasteiger partial charge in [-0.3, -0.25) is 4.90 Å². The van der Waals surface area contributed by atoms with Crippen molar-refractivity contribution in [3.05, 3.63) is 56.8 Å². The lowest BCUT2D eigenvalue weighted by atomic mass is 10.2. The molecule has 0 radical (unpaired) electrons. The van der Waals surface area contributed by atoms with Crippen LogP contribution in [0.1, 0.15) is 18.1 Å². The van der Waals surface area contributed by atoms with Crippen molar-refractivity contribution in [3.63, 3.8) is 0 Å². The van der Waals surface area contributed by atoms with Crippen LogP contribution in [0.2, 0.25) is 5.02 Å². The van der Waals surface area contributed by atoms with Gasteiger partial charge < -0.3 is 19.5 Å². The van der Waals surface area contributed by atoms with E-state index in [0.717, 1.165) is 56.0 Å². The molecule has 0 aliphatic carbocycles. The SMILES string of the molecule is CCOc1cc(CNCCN2CCOCC2)c(Br)cc1OCc1ccc(F)cc1Cl. The summed E-state index contributed by atoms with van der Waals surface area (Å²) in [6.07, 6.45) is 0. The minimum Gasteiger partial charge on any atom is -0.490 e. The topological polar surface area (TPSA) is 43.0 Å². The Hall–Kier alpha value is -1.38. The predicted octanol–water partition coefficient (Wildman–Crippen LogP) is 4.64. The summed E-state index contributed by atoms with van der Waals surface area (Å²) in [5.41, 5.74) is 1.80. The summed E-state index contributed by atoms with van der Waals surface area (Å²) in [6, 6.07) is 8.17. The molecule has 1 aliphatic rings. The second kappa shape index (κ2) is 11.9. The van der Waals surface area contributed by atoms with Crippen molar-refractivity contribution in [2.75, 3.05) is 46.0 Å². The molecule has 3 rings (SSSR count). The van der Waals surface area contributed by atoms with Crippen molar-refractivity contribution in [1.82, 2.24) is 10.2 Å². The Balaban J connectivity index is 1.59. The van der Waals surface area contributed by atoms with Gasteiger partial charge in [0.2, 0.25) is 0 Å². The summed E-state index contributed by atoms with van der Waals surface area (Å²) in [5, 5.41) is 3.83. The molecule has 1 saturated heterocycles. The second-order valence-corrected chi connectivity index (χ2v) is 8.24. The normalized spacial score (nSPS) is 14.7. The quantitative estimate of drug-likeness (QED) is 0.481. The summed E-state index contributed by atoms with van der Waals surface area (Å²) in [6.45, 7) is 8.91. The highest BCUT2D eigenvalue weighted by atomic mass is 79.9. The molecule has 164 valence electrons. The highest BCUT2D eigenvalue weighted by Crippen LogP contribution is 2.35. The van der Waals surface area contributed by atoms with Gasteiger partial charge in [0.15, 0.2) is 11.5 Å². The molecule has 0 atom stereocenters. The van der Waals surface area contributed by atoms with E-state index < -0.39 is 0 Å². The highest BCUT2D eigenvalue weighted by Gasteiger charge is 2.13. The molecule has 2 aromatic carbocycles. The largest absolute Gasteiger partial charge is 0.490 e. The fourth-order valence-electron chi connectivity index (χ4n) is 3.17. The minimum absolute atomic E-state index is 0.225. The van der Waals surface area contributed by atoms with Crippen LogP contribution < -0.4 is 14.8 Å². The van der Waals surface area contributed by atoms with Crippen molar-refractivity contribution in [1.29, 1.82) is 0 Å². The van der Waals surface area contributed by atoms with Gasteiger partial charge in [0.25, 0.3) is 0 Å². The molecule has 0 amide bonds. The smallest absolute Gasteiger partial charge is 0.162 e. The highest BCUT2D eigenvalue weighted by molar-refractivity contribution is 9.10. The molecule has 0 bridgehead atoms. The Morgan fingerprint density at radius 3 is 2.63 bits per heavy atom. The van der Waals surface area contributed by atoms with Crippen LogP contribution in [-0.2, 0) is 17.9 Å². The number of rotatable bonds is 10. The van der Waals surface area contributed by atoms with Gasteiger partial charge in [-0.2, -0.15) is 0 Å². The van der Waals surface area contributed by atoms with Gasteiger partial charge in [0.1, 0.15) is 12.4 Å². The number of nitrogens with one attached hydrogen (secondary N) is 1. The Bertz CT molecular complexity index is 834. The standard InChI is InChI=1S/C22H27BrClFN2O3/c1-2-29-21-11-17(14-26-5-6-27-7-9-28-10-8-27)19(23)13-22(21)30-15-16-3-4-18(25)12-20(16)24/h3-4,11-13,26H,2,5-10,14-15H2,1H3. The van der Waals surface area contributed by atoms with Crippen LogP contribution in [0.5, 0.6) is 11.5 Å². The molecule has 0 aromatic heterocycles. The van der Waals surface area contributed by atoms with Crippen molar-refractivity contribution >= 4 is 27.5 Å². The number of nitrogens with zero attached hydrogens (tertiary/aromatic N) is 1. The lowest BCUT2D eigenvalue weighted by Crippen LogP contribution is -2.40. The van der Waals surface area contributed by atoms with Gasteiger partial charge >= 0.3 is 0 Å². The summed E-state index contributed by atoms with van der Waals surface area (Å²) in [5.74, 6) is 0.914. The summed E-state index contributed by atoms with van der Waals surface area (Å²) in [7, 11) is 0. The number of hydrogen-bond acceptors (Lipinski definition) is 5. The van der Waals surface area contributed by atoms with E-state index in [1.54, 1.807) is 6.07 Å². The fraction of sp³-hybridized carbons (Fsp3) is 0.455. The van der Waals surface area contributed by atoms with Crippen LogP contribution in [0.15, 0.2) is 34.8 Å². The first-order valence-electron chi connectivity index (χ1n) is 10.1. The molecule has 2 aromatic rings. The second-order valence-electron chi connectivity index (χ2n) is 6.98. The lowest BCUT2D eigenvalue weighted by Gasteiger charge is -2.26. The van der Waals surface area contributed by atoms with Gasteiger partial charge in [0, 0.05) is 42.8 Å². The van der Waals surface area contributed by atoms with Crippen LogP contribution in [0.4, 0.5) is 4.39 Å². The average Bonchev–Trinajstić information content (AvgIpc) is 2.74. The van der Waals surface area contributed by atoms with E-state index in [9.17, 15) is 4.39 Å². The molecule has 1 aliphatic heterocycles. The van der Waals surface area contributed by atoms with Gasteiger partial charge in [-0.15, -0.1) is 0 Å². The Morgan fingerprint density at radius 1 is 1.13 bits per heavy atom. The van der Waals surface area contributed by atoms with E-state index in [4.69, 9.17) is 25.8 Å². The maximum absolute atomic E-state index is 13.2. The number of halogens is 3. The van der Waals surface area contributed by atoms with Gasteiger partial charge in [-0.1, -0.05) is 33.6 Å². The Morgan fingerprint density at radius 2 is 1.90 bits per heavy atom. The summed E-state index contributed by atoms with van der Waals surface area (Å²) in [4.78, 5) is 2.40. The third-order valence-electron chi connectivity index (χ3n) is 4.83. The number of benzene rings is 2. The zero-order valence-corrected chi connectivity index (χ0v) is 19.4. The summed E-state index contributed by atoms with van der Waals surface area (Å²) < 4.78 is 31.3. The average molecular weight is 502 g/mol. The van der Waals surface area contributed by atoms with Crippen LogP contribution in [0.25, 0.3) is 0 Å². The zero-order valence-electron chi connectivity index (χ0n) is 17.1. The molecule has 1 fully saturated rings. The molecule has 0 spiro atoms. The molecule has 1 N–H and O–H groups in total. The van der Waals surface area contributed by atoms with Crippen LogP contribution >= 0.6 is 27.5 Å². The van der Waals surface area contributed by atoms with Crippen molar-refractivity contribution in [3.8, 4) is 11.5 Å². The van der Waals surface area contributed by atoms with Gasteiger partial charge in [0.05, 0.1) is 24.8 Å². The van der Waals surface area contributed by atoms with E-state index in [2.05, 4.69) is 26.1 Å². The number of hydrogen-bond donors (Lipinski definition) is 1. The molecular formula is C22H27BrClFN2O3. The first-order chi connectivity index (χ1) is 14.6. The van der Waals surface area contributed by atoms with E-state index in [1.807, 2.05) is 19.1 Å². The van der Waals surface area contributed by atoms with E-state index >= 15 is 0 Å². The maximum Gasteiger partial charge on any atom is 0.162 e. The maximum atomic E-state index is 13.2. The number of ether oxygens (including phenoxy) is 3. The first-order valence-corrected chi connectivity index (χ1v) is 11.3. The fourth-order valence-corrected chi connectivity index (χ4v) is 3.86. The third kappa shape index (κ3) is 6.82. The van der Waals surface area contributed by atoms with E-state index in [-0.39, 0.29) is 12.4 Å². The molecule has 1 heterocycles. The molecule has 0 unspecified atom stereocenters. The first kappa shape index (κ1) is 23.3. The Labute approximate surface area is 190 Å². The predicted molar refractivity (Wildman–Crippen MR) is 120 cm³/mol. The van der Waals surface area contributed by atoms with Crippen molar-refractivity contribution in [2.45, 2.75) is 20.1 Å². The van der Waals surface area contributed by atoms with Gasteiger partial charge in [-0.05, 0) is 36.8 Å². The molecule has 30 heavy (non-hydrogen) atoms. The Kier molecular flexibility index (Phi) is 9.21. The molecule has 8 heteroatoms. The minimum atomic E-state index is -0.369. The summed E-state index contributed by atoms with van der Waals surface area (Å²) >= 11 is 9.73. The third-order valence-corrected chi connectivity index (χ3v) is 5.92. The van der Waals surface area contributed by atoms with Crippen molar-refractivity contribution in [2.24, 2.45) is 0 Å². The molecular weight excluding hydrogens is 475 g/mol. The van der Waals surface area contributed by atoms with Crippen LogP contribution in [0.3, 0.4) is 0 Å². The van der Waals surface area contributed by atoms with E-state index in [0.29, 0.717) is 28.7 Å². The van der Waals surface area contributed by atoms with E-state index in [1.165, 1.54) is 12.1 Å².